The number of likely N-dealkylation sites (tertiary alicyclic amines) is 1. The van der Waals surface area contributed by atoms with Gasteiger partial charge in [-0.3, -0.25) is 62.3 Å². The topological polar surface area (TPSA) is 442 Å². The van der Waals surface area contributed by atoms with Crippen LogP contribution in [0.1, 0.15) is 195 Å². The van der Waals surface area contributed by atoms with Crippen LogP contribution in [0.3, 0.4) is 0 Å². The fourth-order valence-corrected chi connectivity index (χ4v) is 13.0. The van der Waals surface area contributed by atoms with Crippen molar-refractivity contribution in [3.8, 4) is 11.1 Å². The number of hydrogen-bond donors (Lipinski definition) is 14. The van der Waals surface area contributed by atoms with Gasteiger partial charge in [-0.15, -0.1) is 0 Å². The molecule has 16 atom stereocenters. The number of allylic oxidation sites excluding steroid dienone is 1. The molecule has 4 rings (SSSR count). The molecule has 111 heavy (non-hydrogen) atoms. The van der Waals surface area contributed by atoms with Crippen LogP contribution in [-0.2, 0) is 78.3 Å². The number of benzene rings is 2. The molecule has 2 saturated heterocycles. The highest BCUT2D eigenvalue weighted by Crippen LogP contribution is 2.25. The van der Waals surface area contributed by atoms with Gasteiger partial charge in [0.05, 0.1) is 6.10 Å². The van der Waals surface area contributed by atoms with Crippen LogP contribution in [0.2, 0.25) is 0 Å². The predicted octanol–water partition coefficient (Wildman–Crippen LogP) is 3.50. The van der Waals surface area contributed by atoms with E-state index in [-0.39, 0.29) is 63.2 Å². The van der Waals surface area contributed by atoms with Gasteiger partial charge in [0.2, 0.25) is 70.9 Å². The van der Waals surface area contributed by atoms with Crippen molar-refractivity contribution in [2.75, 3.05) is 13.1 Å². The average Bonchev–Trinajstić information content (AvgIpc) is 1.79. The van der Waals surface area contributed by atoms with Crippen LogP contribution < -0.4 is 69.5 Å². The number of amides is 13. The summed E-state index contributed by atoms with van der Waals surface area (Å²) in [4.78, 5) is 203. The Balaban J connectivity index is 1.64. The van der Waals surface area contributed by atoms with E-state index in [4.69, 9.17) is 10.5 Å². The normalized spacial score (nSPS) is 22.0. The van der Waals surface area contributed by atoms with Crippen LogP contribution in [-0.4, -0.2) is 191 Å². The SMILES string of the molecule is C/C=C1\NC(=O)[C@H](Cc2ccc(-c3ccccc3)cc2)NC(=O)[C@@H](C(C)C)NC(=O)[C@@H]([C@@H](C)CC)NC(=O)[C@H](NC(=O)[C@H](NC(=O)[C@H](CCCN)NC(=O)[C@H]2CCCN2C(=O)[C@H](NC(=O)[C@@H](NC(=O)[C@@H](NC(=O)[C@H](NC(=O)CCCC(C)C)C(C)C)[C@@H](C)O)C(C)C)C(C)C)[C@@H](C)CC)[C@@H](C)OC(=O)[C@H](C(C)C)NC1=O. The van der Waals surface area contributed by atoms with Gasteiger partial charge in [-0.1, -0.05) is 191 Å². The van der Waals surface area contributed by atoms with E-state index >= 15 is 9.59 Å². The number of nitrogens with two attached hydrogens (primary N) is 1. The van der Waals surface area contributed by atoms with Gasteiger partial charge in [0.1, 0.15) is 84.3 Å². The molecule has 15 N–H and O–H groups in total. The van der Waals surface area contributed by atoms with Crippen LogP contribution in [0.4, 0.5) is 0 Å². The summed E-state index contributed by atoms with van der Waals surface area (Å²) in [5.74, 6) is -15.2. The van der Waals surface area contributed by atoms with Crippen LogP contribution in [0, 0.1) is 47.3 Å². The number of carbonyl (C=O) groups excluding carboxylic acids is 14. The van der Waals surface area contributed by atoms with Crippen molar-refractivity contribution < 1.29 is 77.0 Å². The number of aliphatic hydroxyl groups excluding tert-OH is 1. The lowest BCUT2D eigenvalue weighted by Gasteiger charge is -2.33. The lowest BCUT2D eigenvalue weighted by Crippen LogP contribution is -2.64. The molecular weight excluding hydrogens is 1420 g/mol. The molecule has 0 aliphatic carbocycles. The van der Waals surface area contributed by atoms with E-state index in [1.807, 2.05) is 56.3 Å². The van der Waals surface area contributed by atoms with Crippen molar-refractivity contribution in [1.29, 1.82) is 0 Å². The number of ether oxygens (including phenoxy) is 1. The second kappa shape index (κ2) is 45.3. The van der Waals surface area contributed by atoms with Crippen molar-refractivity contribution in [3.63, 3.8) is 0 Å². The molecule has 2 aromatic carbocycles. The molecule has 2 aromatic rings. The monoisotopic (exact) mass is 1550 g/mol. The van der Waals surface area contributed by atoms with Gasteiger partial charge in [-0.2, -0.15) is 0 Å². The third kappa shape index (κ3) is 28.1. The summed E-state index contributed by atoms with van der Waals surface area (Å²) in [7, 11) is 0. The van der Waals surface area contributed by atoms with Crippen LogP contribution in [0.25, 0.3) is 11.1 Å². The Morgan fingerprint density at radius 2 is 1.13 bits per heavy atom. The minimum absolute atomic E-state index is 0.0555. The van der Waals surface area contributed by atoms with E-state index in [2.05, 4.69) is 63.8 Å². The van der Waals surface area contributed by atoms with Gasteiger partial charge < -0.3 is 84.3 Å². The fourth-order valence-electron chi connectivity index (χ4n) is 13.0. The summed E-state index contributed by atoms with van der Waals surface area (Å²) in [6.07, 6.45) is 0.952. The number of aliphatic hydroxyl groups is 1. The number of nitrogens with zero attached hydrogens (tertiary/aromatic N) is 1. The molecular formula is C81H128N14O16. The largest absolute Gasteiger partial charge is 0.458 e. The smallest absolute Gasteiger partial charge is 0.329 e. The summed E-state index contributed by atoms with van der Waals surface area (Å²) in [6, 6.07) is 0.377. The molecule has 0 spiro atoms. The Labute approximate surface area is 655 Å². The minimum Gasteiger partial charge on any atom is -0.458 e. The molecule has 618 valence electrons. The van der Waals surface area contributed by atoms with Crippen molar-refractivity contribution in [2.45, 2.75) is 280 Å². The van der Waals surface area contributed by atoms with E-state index in [1.54, 1.807) is 109 Å². The van der Waals surface area contributed by atoms with E-state index < -0.39 is 203 Å². The molecule has 2 fully saturated rings. The Bertz CT molecular complexity index is 3530. The molecule has 30 heteroatoms. The van der Waals surface area contributed by atoms with Gasteiger partial charge >= 0.3 is 5.97 Å². The standard InChI is InChI=1S/C81H128N14O16/c1-20-48(16)65(91-70(99)56(32-27-39-82)84-72(101)58-33-28-40-95(58)80(109)63(46(12)13)89-75(104)62(45(10)11)88-78(107)67(50(18)96)93-74(103)60(43(6)7)86-59(97)34-26-29-42(4)5)77(106)94-68-51(19)111-81(110)64(47(14)15)90-69(98)55(22-3)83-71(100)57(41-52-35-37-54(38-36-52)53-30-24-23-25-31-53)85-73(102)61(44(8)9)87-76(105)66(49(17)21-2)92-79(68)108/h22-25,30-31,35-38,42-51,56-58,60-68,96H,20-21,26-29,32-34,39-41,82H2,1-19H3,(H,83,100)(H,84,101)(H,85,102)(H,86,97)(H,87,105)(H,88,107)(H,89,104)(H,90,98)(H,91,99)(H,92,108)(H,93,103)(H,94,106)/b55-22-/t48-,49-,50+,51+,56-,57-,58+,60+,61+,62-,63+,64-,65+,66+,67-,68+/m0/s1. The van der Waals surface area contributed by atoms with E-state index in [0.717, 1.165) is 17.5 Å². The predicted molar refractivity (Wildman–Crippen MR) is 421 cm³/mol. The Morgan fingerprint density at radius 1 is 0.586 bits per heavy atom. The number of cyclic esters (lactones) is 1. The maximum Gasteiger partial charge on any atom is 0.329 e. The molecule has 0 aromatic heterocycles. The second-order valence-electron chi connectivity index (χ2n) is 31.8. The number of rotatable bonds is 34. The highest BCUT2D eigenvalue weighted by molar-refractivity contribution is 6.03. The number of carbonyl (C=O) groups is 14. The van der Waals surface area contributed by atoms with E-state index in [0.29, 0.717) is 30.7 Å². The first kappa shape index (κ1) is 94.1. The molecule has 0 unspecified atom stereocenters. The third-order valence-electron chi connectivity index (χ3n) is 20.5. The maximum absolute atomic E-state index is 15.1. The molecule has 2 heterocycles. The highest BCUT2D eigenvalue weighted by atomic mass is 16.5. The van der Waals surface area contributed by atoms with E-state index in [1.165, 1.54) is 31.7 Å². The molecule has 0 bridgehead atoms. The molecule has 30 nitrogen and oxygen atoms in total. The zero-order chi connectivity index (χ0) is 83.4. The van der Waals surface area contributed by atoms with Gasteiger partial charge in [0, 0.05) is 19.4 Å². The summed E-state index contributed by atoms with van der Waals surface area (Å²) in [5.41, 5.74) is 8.18. The van der Waals surface area contributed by atoms with Crippen LogP contribution in [0.15, 0.2) is 66.4 Å². The van der Waals surface area contributed by atoms with E-state index in [9.17, 15) is 62.6 Å². The zero-order valence-corrected chi connectivity index (χ0v) is 68.6. The summed E-state index contributed by atoms with van der Waals surface area (Å²) >= 11 is 0. The first-order valence-electron chi connectivity index (χ1n) is 39.6. The Kier molecular flexibility index (Phi) is 38.3. The lowest BCUT2D eigenvalue weighted by atomic mass is 9.95. The minimum atomic E-state index is -1.84. The third-order valence-corrected chi connectivity index (χ3v) is 20.5. The molecule has 13 amide bonds. The number of esters is 1. The quantitative estimate of drug-likeness (QED) is 0.0352. The molecule has 2 aliphatic heterocycles. The summed E-state index contributed by atoms with van der Waals surface area (Å²) in [5, 5.41) is 43.4. The summed E-state index contributed by atoms with van der Waals surface area (Å²) < 4.78 is 6.00. The first-order chi connectivity index (χ1) is 52.2. The van der Waals surface area contributed by atoms with Crippen molar-refractivity contribution in [2.24, 2.45) is 53.1 Å². The highest BCUT2D eigenvalue weighted by Gasteiger charge is 2.45. The number of hydrogen-bond acceptors (Lipinski definition) is 17. The van der Waals surface area contributed by atoms with Crippen LogP contribution >= 0.6 is 0 Å². The van der Waals surface area contributed by atoms with Crippen molar-refractivity contribution in [3.05, 3.63) is 71.9 Å². The van der Waals surface area contributed by atoms with Crippen LogP contribution in [0.5, 0.6) is 0 Å². The molecule has 0 saturated carbocycles. The zero-order valence-electron chi connectivity index (χ0n) is 68.6. The Hall–Kier alpha value is -9.32. The van der Waals surface area contributed by atoms with Gasteiger partial charge in [-0.05, 0) is 123 Å². The first-order valence-corrected chi connectivity index (χ1v) is 39.6. The molecule has 2 aliphatic rings. The van der Waals surface area contributed by atoms with Crippen molar-refractivity contribution in [1.82, 2.24) is 68.7 Å². The fraction of sp³-hybridized carbons (Fsp3) is 0.654. The maximum atomic E-state index is 15.1. The lowest BCUT2D eigenvalue weighted by molar-refractivity contribution is -0.157. The van der Waals surface area contributed by atoms with Crippen molar-refractivity contribution >= 4 is 82.8 Å². The second-order valence-corrected chi connectivity index (χ2v) is 31.8. The Morgan fingerprint density at radius 3 is 1.67 bits per heavy atom. The van der Waals surface area contributed by atoms with Gasteiger partial charge in [0.15, 0.2) is 0 Å². The van der Waals surface area contributed by atoms with Gasteiger partial charge in [-0.25, -0.2) is 4.79 Å². The van der Waals surface area contributed by atoms with Gasteiger partial charge in [0.25, 0.3) is 5.91 Å². The molecule has 0 radical (unpaired) electrons. The number of nitrogens with one attached hydrogen (secondary N) is 12. The summed E-state index contributed by atoms with van der Waals surface area (Å²) in [6.45, 7) is 31.8. The average molecular weight is 1550 g/mol.